The molecule has 0 aliphatic rings. The summed E-state index contributed by atoms with van der Waals surface area (Å²) in [4.78, 5) is 10.1. The van der Waals surface area contributed by atoms with Crippen molar-refractivity contribution in [1.82, 2.24) is 0 Å². The van der Waals surface area contributed by atoms with Crippen molar-refractivity contribution in [2.75, 3.05) is 6.61 Å². The second-order valence-corrected chi connectivity index (χ2v) is 2.18. The molecule has 1 N–H and O–H groups in total. The van der Waals surface area contributed by atoms with Crippen LogP contribution in [0.25, 0.3) is 0 Å². The van der Waals surface area contributed by atoms with Crippen LogP contribution in [0.15, 0.2) is 23.4 Å². The Labute approximate surface area is 69.8 Å². The highest BCUT2D eigenvalue weighted by atomic mass is 16.5. The fourth-order valence-corrected chi connectivity index (χ4v) is 0.831. The maximum absolute atomic E-state index is 10.1. The van der Waals surface area contributed by atoms with Crippen molar-refractivity contribution in [3.8, 4) is 11.5 Å². The van der Waals surface area contributed by atoms with Gasteiger partial charge >= 0.3 is 0 Å². The molecular formula is C8H9NO3. The number of nitroso groups, excluding NO2 is 1. The summed E-state index contributed by atoms with van der Waals surface area (Å²) in [6, 6.07) is 4.19. The van der Waals surface area contributed by atoms with E-state index in [0.717, 1.165) is 0 Å². The normalized spacial score (nSPS) is 9.42. The first-order chi connectivity index (χ1) is 5.77. The summed E-state index contributed by atoms with van der Waals surface area (Å²) in [6.45, 7) is 2.23. The second kappa shape index (κ2) is 3.71. The number of aromatic hydroxyl groups is 1. The monoisotopic (exact) mass is 167 g/mol. The fourth-order valence-electron chi connectivity index (χ4n) is 0.831. The van der Waals surface area contributed by atoms with Gasteiger partial charge in [-0.05, 0) is 24.2 Å². The van der Waals surface area contributed by atoms with Crippen LogP contribution in [0.5, 0.6) is 11.5 Å². The average Bonchev–Trinajstić information content (AvgIpc) is 2.09. The maximum Gasteiger partial charge on any atom is 0.163 e. The Morgan fingerprint density at radius 3 is 2.92 bits per heavy atom. The van der Waals surface area contributed by atoms with E-state index in [1.807, 2.05) is 0 Å². The summed E-state index contributed by atoms with van der Waals surface area (Å²) in [5, 5.41) is 11.9. The number of rotatable bonds is 3. The minimum absolute atomic E-state index is 0.0178. The molecule has 4 heteroatoms. The summed E-state index contributed by atoms with van der Waals surface area (Å²) in [5.41, 5.74) is 0.247. The number of ether oxygens (including phenoxy) is 1. The molecule has 0 bridgehead atoms. The number of nitrogens with zero attached hydrogens (tertiary/aromatic N) is 1. The van der Waals surface area contributed by atoms with Crippen molar-refractivity contribution in [1.29, 1.82) is 0 Å². The molecule has 0 fully saturated rings. The van der Waals surface area contributed by atoms with Crippen molar-refractivity contribution in [2.24, 2.45) is 5.18 Å². The number of hydrogen-bond donors (Lipinski definition) is 1. The Hall–Kier alpha value is -1.58. The first-order valence-electron chi connectivity index (χ1n) is 3.57. The lowest BCUT2D eigenvalue weighted by molar-refractivity contribution is 0.318. The third-order valence-electron chi connectivity index (χ3n) is 1.35. The van der Waals surface area contributed by atoms with Crippen molar-refractivity contribution in [3.05, 3.63) is 23.1 Å². The van der Waals surface area contributed by atoms with Gasteiger partial charge in [0.1, 0.15) is 5.69 Å². The van der Waals surface area contributed by atoms with Crippen molar-refractivity contribution in [2.45, 2.75) is 6.92 Å². The number of hydrogen-bond acceptors (Lipinski definition) is 4. The highest BCUT2D eigenvalue weighted by Crippen LogP contribution is 2.29. The molecule has 1 aromatic rings. The molecular weight excluding hydrogens is 158 g/mol. The van der Waals surface area contributed by atoms with Gasteiger partial charge in [0, 0.05) is 6.07 Å². The lowest BCUT2D eigenvalue weighted by atomic mass is 10.3. The summed E-state index contributed by atoms with van der Waals surface area (Å²) in [7, 11) is 0. The molecule has 0 aliphatic heterocycles. The minimum atomic E-state index is 0.0178. The maximum atomic E-state index is 10.1. The summed E-state index contributed by atoms with van der Waals surface area (Å²) in [5.74, 6) is 0.304. The van der Waals surface area contributed by atoms with Crippen molar-refractivity contribution >= 4 is 5.69 Å². The zero-order valence-corrected chi connectivity index (χ0v) is 6.65. The highest BCUT2D eigenvalue weighted by molar-refractivity contribution is 5.50. The quantitative estimate of drug-likeness (QED) is 0.702. The molecule has 64 valence electrons. The number of phenolic OH excluding ortho intramolecular Hbond substituents is 1. The molecule has 0 heterocycles. The van der Waals surface area contributed by atoms with Gasteiger partial charge < -0.3 is 9.84 Å². The predicted molar refractivity (Wildman–Crippen MR) is 44.7 cm³/mol. The van der Waals surface area contributed by atoms with Crippen molar-refractivity contribution < 1.29 is 9.84 Å². The van der Waals surface area contributed by atoms with E-state index in [-0.39, 0.29) is 17.2 Å². The van der Waals surface area contributed by atoms with E-state index in [0.29, 0.717) is 6.61 Å². The van der Waals surface area contributed by atoms with Gasteiger partial charge in [0.2, 0.25) is 0 Å². The lowest BCUT2D eigenvalue weighted by Gasteiger charge is -2.04. The first kappa shape index (κ1) is 8.52. The third-order valence-corrected chi connectivity index (χ3v) is 1.35. The first-order valence-corrected chi connectivity index (χ1v) is 3.57. The van der Waals surface area contributed by atoms with E-state index in [2.05, 4.69) is 5.18 Å². The summed E-state index contributed by atoms with van der Waals surface area (Å²) >= 11 is 0. The average molecular weight is 167 g/mol. The molecule has 4 nitrogen and oxygen atoms in total. The van der Waals surface area contributed by atoms with Crippen LogP contribution >= 0.6 is 0 Å². The van der Waals surface area contributed by atoms with Crippen LogP contribution in [0.2, 0.25) is 0 Å². The van der Waals surface area contributed by atoms with E-state index in [4.69, 9.17) is 4.74 Å². The van der Waals surface area contributed by atoms with Gasteiger partial charge in [-0.25, -0.2) is 0 Å². The molecule has 0 aromatic heterocycles. The predicted octanol–water partition coefficient (Wildman–Crippen LogP) is 2.19. The van der Waals surface area contributed by atoms with Gasteiger partial charge in [0.05, 0.1) is 6.61 Å². The Kier molecular flexibility index (Phi) is 2.63. The molecule has 0 saturated carbocycles. The van der Waals surface area contributed by atoms with Crippen molar-refractivity contribution in [3.63, 3.8) is 0 Å². The molecule has 0 spiro atoms. The Balaban J connectivity index is 2.99. The summed E-state index contributed by atoms with van der Waals surface area (Å²) in [6.07, 6.45) is 0. The van der Waals surface area contributed by atoms with Crippen LogP contribution in [-0.2, 0) is 0 Å². The van der Waals surface area contributed by atoms with Crippen LogP contribution in [0.4, 0.5) is 5.69 Å². The Bertz CT molecular complexity index is 286. The second-order valence-electron chi connectivity index (χ2n) is 2.18. The smallest absolute Gasteiger partial charge is 0.163 e. The molecule has 0 aliphatic carbocycles. The summed E-state index contributed by atoms with van der Waals surface area (Å²) < 4.78 is 5.03. The van der Waals surface area contributed by atoms with Gasteiger partial charge in [-0.2, -0.15) is 0 Å². The molecule has 0 amide bonds. The van der Waals surface area contributed by atoms with Gasteiger partial charge in [-0.1, -0.05) is 0 Å². The number of phenols is 1. The largest absolute Gasteiger partial charge is 0.504 e. The van der Waals surface area contributed by atoms with E-state index in [1.165, 1.54) is 18.2 Å². The Morgan fingerprint density at radius 1 is 1.58 bits per heavy atom. The van der Waals surface area contributed by atoms with Crippen LogP contribution in [0.3, 0.4) is 0 Å². The lowest BCUT2D eigenvalue weighted by Crippen LogP contribution is -1.90. The SMILES string of the molecule is CCOc1cc(N=O)ccc1O. The van der Waals surface area contributed by atoms with Gasteiger partial charge in [0.15, 0.2) is 11.5 Å². The third kappa shape index (κ3) is 1.72. The molecule has 0 atom stereocenters. The van der Waals surface area contributed by atoms with Gasteiger partial charge in [0.25, 0.3) is 0 Å². The van der Waals surface area contributed by atoms with E-state index < -0.39 is 0 Å². The van der Waals surface area contributed by atoms with E-state index in [9.17, 15) is 10.0 Å². The van der Waals surface area contributed by atoms with E-state index in [1.54, 1.807) is 6.92 Å². The molecule has 0 radical (unpaired) electrons. The highest BCUT2D eigenvalue weighted by Gasteiger charge is 2.02. The van der Waals surface area contributed by atoms with Gasteiger partial charge in [-0.3, -0.25) is 0 Å². The topological polar surface area (TPSA) is 58.9 Å². The molecule has 0 saturated heterocycles. The fraction of sp³-hybridized carbons (Fsp3) is 0.250. The van der Waals surface area contributed by atoms with Crippen LogP contribution < -0.4 is 4.74 Å². The van der Waals surface area contributed by atoms with Crippen LogP contribution in [0.1, 0.15) is 6.92 Å². The zero-order chi connectivity index (χ0) is 8.97. The van der Waals surface area contributed by atoms with Crippen LogP contribution in [-0.4, -0.2) is 11.7 Å². The molecule has 0 unspecified atom stereocenters. The standard InChI is InChI=1S/C8H9NO3/c1-2-12-8-5-6(9-11)3-4-7(8)10/h3-5,10H,2H2,1H3. The Morgan fingerprint density at radius 2 is 2.33 bits per heavy atom. The van der Waals surface area contributed by atoms with E-state index >= 15 is 0 Å². The molecule has 1 aromatic carbocycles. The minimum Gasteiger partial charge on any atom is -0.504 e. The molecule has 1 rings (SSSR count). The van der Waals surface area contributed by atoms with Gasteiger partial charge in [-0.15, -0.1) is 4.91 Å². The molecule has 12 heavy (non-hydrogen) atoms. The zero-order valence-electron chi connectivity index (χ0n) is 6.65. The van der Waals surface area contributed by atoms with Crippen LogP contribution in [0, 0.1) is 4.91 Å². The number of benzene rings is 1.